The van der Waals surface area contributed by atoms with E-state index in [1.807, 2.05) is 0 Å². The molecule has 0 aliphatic carbocycles. The molecule has 1 aliphatic rings. The summed E-state index contributed by atoms with van der Waals surface area (Å²) in [6.45, 7) is 5.28. The minimum Gasteiger partial charge on any atom is -0.478 e. The van der Waals surface area contributed by atoms with Gasteiger partial charge in [-0.3, -0.25) is 0 Å². The SMILES string of the molecule is C=C1OCCCN1/N=C\CCC=O. The zero-order valence-corrected chi connectivity index (χ0v) is 7.61. The number of hydrogen-bond acceptors (Lipinski definition) is 4. The van der Waals surface area contributed by atoms with Crippen molar-refractivity contribution in [3.05, 3.63) is 12.5 Å². The molecule has 0 saturated carbocycles. The molecule has 0 unspecified atom stereocenters. The summed E-state index contributed by atoms with van der Waals surface area (Å²) in [6.07, 6.45) is 4.75. The molecule has 1 aliphatic heterocycles. The van der Waals surface area contributed by atoms with Crippen LogP contribution in [0.2, 0.25) is 0 Å². The van der Waals surface area contributed by atoms with Gasteiger partial charge in [-0.1, -0.05) is 0 Å². The van der Waals surface area contributed by atoms with E-state index < -0.39 is 0 Å². The van der Waals surface area contributed by atoms with Crippen molar-refractivity contribution in [2.45, 2.75) is 19.3 Å². The first-order chi connectivity index (χ1) is 6.34. The van der Waals surface area contributed by atoms with Gasteiger partial charge in [0.15, 0.2) is 0 Å². The van der Waals surface area contributed by atoms with Gasteiger partial charge in [0.1, 0.15) is 6.29 Å². The number of hydrazone groups is 1. The Kier molecular flexibility index (Phi) is 4.02. The Labute approximate surface area is 77.9 Å². The minimum atomic E-state index is 0.519. The van der Waals surface area contributed by atoms with E-state index in [1.165, 1.54) is 0 Å². The fourth-order valence-electron chi connectivity index (χ4n) is 1.02. The van der Waals surface area contributed by atoms with Crippen LogP contribution in [0.3, 0.4) is 0 Å². The molecule has 1 fully saturated rings. The van der Waals surface area contributed by atoms with Crippen molar-refractivity contribution in [1.29, 1.82) is 0 Å². The lowest BCUT2D eigenvalue weighted by Gasteiger charge is -2.25. The fourth-order valence-corrected chi connectivity index (χ4v) is 1.02. The third kappa shape index (κ3) is 3.27. The summed E-state index contributed by atoms with van der Waals surface area (Å²) in [6, 6.07) is 0. The van der Waals surface area contributed by atoms with Gasteiger partial charge in [-0.2, -0.15) is 5.10 Å². The van der Waals surface area contributed by atoms with E-state index >= 15 is 0 Å². The third-order valence-electron chi connectivity index (χ3n) is 1.71. The first kappa shape index (κ1) is 9.77. The highest BCUT2D eigenvalue weighted by Gasteiger charge is 2.11. The summed E-state index contributed by atoms with van der Waals surface area (Å²) < 4.78 is 5.20. The van der Waals surface area contributed by atoms with E-state index in [0.29, 0.717) is 18.7 Å². The molecule has 13 heavy (non-hydrogen) atoms. The van der Waals surface area contributed by atoms with E-state index in [4.69, 9.17) is 4.74 Å². The van der Waals surface area contributed by atoms with Gasteiger partial charge in [0.2, 0.25) is 5.88 Å². The number of aldehydes is 1. The third-order valence-corrected chi connectivity index (χ3v) is 1.71. The van der Waals surface area contributed by atoms with Crippen molar-refractivity contribution in [3.8, 4) is 0 Å². The molecular formula is C9H14N2O2. The Morgan fingerprint density at radius 1 is 1.62 bits per heavy atom. The second-order valence-corrected chi connectivity index (χ2v) is 2.76. The van der Waals surface area contributed by atoms with Crippen LogP contribution >= 0.6 is 0 Å². The molecule has 1 heterocycles. The van der Waals surface area contributed by atoms with Gasteiger partial charge in [0, 0.05) is 25.6 Å². The van der Waals surface area contributed by atoms with Crippen molar-refractivity contribution in [2.24, 2.45) is 5.10 Å². The second-order valence-electron chi connectivity index (χ2n) is 2.76. The lowest BCUT2D eigenvalue weighted by Crippen LogP contribution is -2.26. The van der Waals surface area contributed by atoms with E-state index in [9.17, 15) is 4.79 Å². The summed E-state index contributed by atoms with van der Waals surface area (Å²) in [7, 11) is 0. The van der Waals surface area contributed by atoms with E-state index in [-0.39, 0.29) is 0 Å². The van der Waals surface area contributed by atoms with E-state index in [1.54, 1.807) is 11.2 Å². The number of unbranched alkanes of at least 4 members (excludes halogenated alkanes) is 1. The molecule has 0 amide bonds. The van der Waals surface area contributed by atoms with Crippen LogP contribution < -0.4 is 0 Å². The summed E-state index contributed by atoms with van der Waals surface area (Å²) in [5.74, 6) is 0.591. The molecule has 4 nitrogen and oxygen atoms in total. The van der Waals surface area contributed by atoms with Gasteiger partial charge < -0.3 is 9.53 Å². The number of nitrogens with zero attached hydrogens (tertiary/aromatic N) is 2. The first-order valence-electron chi connectivity index (χ1n) is 4.40. The number of carbonyl (C=O) groups excluding carboxylic acids is 1. The minimum absolute atomic E-state index is 0.519. The molecule has 0 N–H and O–H groups in total. The van der Waals surface area contributed by atoms with Crippen LogP contribution in [0.15, 0.2) is 17.6 Å². The molecule has 0 aromatic heterocycles. The Morgan fingerprint density at radius 3 is 3.15 bits per heavy atom. The van der Waals surface area contributed by atoms with Gasteiger partial charge in [0.25, 0.3) is 0 Å². The molecule has 0 aromatic rings. The normalized spacial score (nSPS) is 17.5. The van der Waals surface area contributed by atoms with Gasteiger partial charge >= 0.3 is 0 Å². The average molecular weight is 182 g/mol. The van der Waals surface area contributed by atoms with Crippen molar-refractivity contribution in [3.63, 3.8) is 0 Å². The van der Waals surface area contributed by atoms with Gasteiger partial charge in [0.05, 0.1) is 6.61 Å². The summed E-state index contributed by atoms with van der Waals surface area (Å²) in [5.41, 5.74) is 0. The first-order valence-corrected chi connectivity index (χ1v) is 4.40. The maximum absolute atomic E-state index is 10.0. The van der Waals surface area contributed by atoms with Crippen molar-refractivity contribution >= 4 is 12.5 Å². The highest BCUT2D eigenvalue weighted by atomic mass is 16.5. The monoisotopic (exact) mass is 182 g/mol. The quantitative estimate of drug-likeness (QED) is 0.372. The van der Waals surface area contributed by atoms with Crippen LogP contribution in [0.1, 0.15) is 19.3 Å². The standard InChI is InChI=1S/C9H14N2O2/c1-9-11(6-4-8-13-9)10-5-2-3-7-12/h5,7H,1-4,6,8H2/b10-5-. The Balaban J connectivity index is 2.29. The highest BCUT2D eigenvalue weighted by Crippen LogP contribution is 2.11. The number of hydrogen-bond donors (Lipinski definition) is 0. The molecule has 1 saturated heterocycles. The van der Waals surface area contributed by atoms with E-state index in [2.05, 4.69) is 11.7 Å². The highest BCUT2D eigenvalue weighted by molar-refractivity contribution is 5.62. The van der Waals surface area contributed by atoms with Crippen molar-refractivity contribution < 1.29 is 9.53 Å². The lowest BCUT2D eigenvalue weighted by molar-refractivity contribution is -0.107. The summed E-state index contributed by atoms with van der Waals surface area (Å²) >= 11 is 0. The predicted molar refractivity (Wildman–Crippen MR) is 50.2 cm³/mol. The average Bonchev–Trinajstić information content (AvgIpc) is 2.15. The van der Waals surface area contributed by atoms with Crippen LogP contribution in [0.4, 0.5) is 0 Å². The molecule has 0 spiro atoms. The molecular weight excluding hydrogens is 168 g/mol. The largest absolute Gasteiger partial charge is 0.478 e. The van der Waals surface area contributed by atoms with Crippen LogP contribution in [-0.2, 0) is 9.53 Å². The van der Waals surface area contributed by atoms with Crippen LogP contribution in [-0.4, -0.2) is 30.7 Å². The Hall–Kier alpha value is -1.32. The van der Waals surface area contributed by atoms with Gasteiger partial charge in [-0.15, -0.1) is 0 Å². The molecule has 0 atom stereocenters. The van der Waals surface area contributed by atoms with Gasteiger partial charge in [-0.05, 0) is 13.0 Å². The summed E-state index contributed by atoms with van der Waals surface area (Å²) in [4.78, 5) is 10.0. The number of rotatable bonds is 4. The molecule has 0 bridgehead atoms. The lowest BCUT2D eigenvalue weighted by atomic mass is 10.4. The number of carbonyl (C=O) groups is 1. The van der Waals surface area contributed by atoms with E-state index in [0.717, 1.165) is 25.9 Å². The molecule has 1 rings (SSSR count). The van der Waals surface area contributed by atoms with Gasteiger partial charge in [-0.25, -0.2) is 5.01 Å². The topological polar surface area (TPSA) is 41.9 Å². The second kappa shape index (κ2) is 5.35. The van der Waals surface area contributed by atoms with Crippen LogP contribution in [0, 0.1) is 0 Å². The summed E-state index contributed by atoms with van der Waals surface area (Å²) in [5, 5.41) is 5.84. The maximum atomic E-state index is 10.0. The molecule has 0 aromatic carbocycles. The number of ether oxygens (including phenoxy) is 1. The smallest absolute Gasteiger partial charge is 0.202 e. The van der Waals surface area contributed by atoms with Crippen molar-refractivity contribution in [2.75, 3.05) is 13.2 Å². The van der Waals surface area contributed by atoms with Crippen LogP contribution in [0.25, 0.3) is 0 Å². The predicted octanol–water partition coefficient (Wildman–Crippen LogP) is 1.14. The molecule has 4 heteroatoms. The van der Waals surface area contributed by atoms with Crippen molar-refractivity contribution in [1.82, 2.24) is 5.01 Å². The maximum Gasteiger partial charge on any atom is 0.202 e. The Bertz CT molecular complexity index is 214. The molecule has 72 valence electrons. The fraction of sp³-hybridized carbons (Fsp3) is 0.556. The Morgan fingerprint density at radius 2 is 2.46 bits per heavy atom. The van der Waals surface area contributed by atoms with Crippen LogP contribution in [0.5, 0.6) is 0 Å². The molecule has 0 radical (unpaired) electrons. The zero-order valence-electron chi connectivity index (χ0n) is 7.61. The zero-order chi connectivity index (χ0) is 9.52.